The molecule has 0 radical (unpaired) electrons. The van der Waals surface area contributed by atoms with Crippen LogP contribution in [-0.2, 0) is 9.53 Å². The molecular formula is C10H16O3. The van der Waals surface area contributed by atoms with E-state index in [9.17, 15) is 9.90 Å². The third kappa shape index (κ3) is 1.57. The molecule has 0 bridgehead atoms. The van der Waals surface area contributed by atoms with Gasteiger partial charge in [0.2, 0.25) is 0 Å². The van der Waals surface area contributed by atoms with Gasteiger partial charge in [0.05, 0.1) is 6.10 Å². The number of fused-ring (bicyclic) bond motifs is 1. The minimum atomic E-state index is -0.188. The van der Waals surface area contributed by atoms with E-state index in [1.807, 2.05) is 0 Å². The topological polar surface area (TPSA) is 46.5 Å². The maximum atomic E-state index is 10.8. The lowest BCUT2D eigenvalue weighted by Gasteiger charge is -2.18. The van der Waals surface area contributed by atoms with Crippen molar-refractivity contribution in [3.05, 3.63) is 0 Å². The maximum absolute atomic E-state index is 10.8. The van der Waals surface area contributed by atoms with Crippen molar-refractivity contribution >= 4 is 5.97 Å². The third-order valence-electron chi connectivity index (χ3n) is 3.42. The predicted octanol–water partition coefficient (Wildman–Crippen LogP) is 1.10. The Bertz CT molecular complexity index is 214. The molecule has 0 unspecified atom stereocenters. The molecule has 4 atom stereocenters. The minimum absolute atomic E-state index is 0.0830. The van der Waals surface area contributed by atoms with Crippen LogP contribution in [0.3, 0.4) is 0 Å². The highest BCUT2D eigenvalue weighted by Crippen LogP contribution is 2.45. The van der Waals surface area contributed by atoms with E-state index in [-0.39, 0.29) is 18.2 Å². The van der Waals surface area contributed by atoms with Crippen LogP contribution in [0.25, 0.3) is 0 Å². The Morgan fingerprint density at radius 3 is 2.62 bits per heavy atom. The Morgan fingerprint density at radius 2 is 1.92 bits per heavy atom. The van der Waals surface area contributed by atoms with Crippen LogP contribution in [0.2, 0.25) is 0 Å². The molecule has 0 heterocycles. The summed E-state index contributed by atoms with van der Waals surface area (Å²) in [4.78, 5) is 10.8. The van der Waals surface area contributed by atoms with Crippen molar-refractivity contribution in [2.24, 2.45) is 11.8 Å². The summed E-state index contributed by atoms with van der Waals surface area (Å²) < 4.78 is 5.22. The summed E-state index contributed by atoms with van der Waals surface area (Å²) in [5, 5.41) is 9.61. The van der Waals surface area contributed by atoms with Gasteiger partial charge in [-0.15, -0.1) is 0 Å². The van der Waals surface area contributed by atoms with Crippen LogP contribution in [0, 0.1) is 11.8 Å². The molecule has 3 heteroatoms. The lowest BCUT2D eigenvalue weighted by atomic mass is 9.98. The zero-order valence-corrected chi connectivity index (χ0v) is 7.90. The smallest absolute Gasteiger partial charge is 0.302 e. The van der Waals surface area contributed by atoms with Gasteiger partial charge in [0, 0.05) is 12.8 Å². The van der Waals surface area contributed by atoms with Crippen LogP contribution >= 0.6 is 0 Å². The average Bonchev–Trinajstić information content (AvgIpc) is 2.56. The van der Waals surface area contributed by atoms with Crippen LogP contribution in [0.4, 0.5) is 0 Å². The van der Waals surface area contributed by atoms with Crippen LogP contribution in [0.1, 0.15) is 32.6 Å². The van der Waals surface area contributed by atoms with Gasteiger partial charge < -0.3 is 9.84 Å². The Kier molecular flexibility index (Phi) is 2.28. The number of carbonyl (C=O) groups is 1. The first-order valence-corrected chi connectivity index (χ1v) is 5.04. The molecule has 2 aliphatic carbocycles. The summed E-state index contributed by atoms with van der Waals surface area (Å²) in [6.45, 7) is 1.46. The van der Waals surface area contributed by atoms with E-state index < -0.39 is 0 Å². The number of rotatable bonds is 1. The Labute approximate surface area is 78.1 Å². The van der Waals surface area contributed by atoms with E-state index in [1.54, 1.807) is 0 Å². The minimum Gasteiger partial charge on any atom is -0.462 e. The highest BCUT2D eigenvalue weighted by molar-refractivity contribution is 5.66. The quantitative estimate of drug-likeness (QED) is 0.621. The van der Waals surface area contributed by atoms with E-state index in [0.29, 0.717) is 11.8 Å². The number of hydrogen-bond donors (Lipinski definition) is 1. The molecule has 0 spiro atoms. The molecule has 2 saturated carbocycles. The monoisotopic (exact) mass is 184 g/mol. The van der Waals surface area contributed by atoms with Crippen molar-refractivity contribution in [2.75, 3.05) is 0 Å². The lowest BCUT2D eigenvalue weighted by Crippen LogP contribution is -2.23. The number of aliphatic hydroxyl groups is 1. The molecule has 2 rings (SSSR count). The molecular weight excluding hydrogens is 168 g/mol. The molecule has 3 nitrogen and oxygen atoms in total. The largest absolute Gasteiger partial charge is 0.462 e. The Balaban J connectivity index is 1.98. The van der Waals surface area contributed by atoms with Crippen LogP contribution < -0.4 is 0 Å². The van der Waals surface area contributed by atoms with Gasteiger partial charge in [0.25, 0.3) is 0 Å². The normalized spacial score (nSPS) is 43.2. The number of ether oxygens (including phenoxy) is 1. The number of esters is 1. The van der Waals surface area contributed by atoms with Crippen LogP contribution in [0.5, 0.6) is 0 Å². The second kappa shape index (κ2) is 3.29. The molecule has 2 fully saturated rings. The van der Waals surface area contributed by atoms with Crippen molar-refractivity contribution < 1.29 is 14.6 Å². The maximum Gasteiger partial charge on any atom is 0.302 e. The predicted molar refractivity (Wildman–Crippen MR) is 47.0 cm³/mol. The second-order valence-corrected chi connectivity index (χ2v) is 4.20. The van der Waals surface area contributed by atoms with Gasteiger partial charge >= 0.3 is 5.97 Å². The first kappa shape index (κ1) is 9.00. The van der Waals surface area contributed by atoms with E-state index in [0.717, 1.165) is 25.7 Å². The van der Waals surface area contributed by atoms with Gasteiger partial charge in [-0.05, 0) is 31.6 Å². The fourth-order valence-electron chi connectivity index (χ4n) is 2.88. The first-order chi connectivity index (χ1) is 6.18. The summed E-state index contributed by atoms with van der Waals surface area (Å²) in [7, 11) is 0. The summed E-state index contributed by atoms with van der Waals surface area (Å²) in [6, 6.07) is 0. The van der Waals surface area contributed by atoms with Crippen LogP contribution in [0.15, 0.2) is 0 Å². The fraction of sp³-hybridized carbons (Fsp3) is 0.900. The molecule has 0 amide bonds. The van der Waals surface area contributed by atoms with E-state index in [2.05, 4.69) is 0 Å². The molecule has 0 saturated heterocycles. The zero-order valence-electron chi connectivity index (χ0n) is 7.90. The van der Waals surface area contributed by atoms with Gasteiger partial charge in [-0.25, -0.2) is 0 Å². The number of carbonyl (C=O) groups excluding carboxylic acids is 1. The summed E-state index contributed by atoms with van der Waals surface area (Å²) in [5.74, 6) is 0.635. The fourth-order valence-corrected chi connectivity index (χ4v) is 2.88. The molecule has 0 aromatic heterocycles. The Morgan fingerprint density at radius 1 is 1.23 bits per heavy atom. The molecule has 0 aromatic carbocycles. The highest BCUT2D eigenvalue weighted by atomic mass is 16.5. The summed E-state index contributed by atoms with van der Waals surface area (Å²) in [6.07, 6.45) is 3.79. The van der Waals surface area contributed by atoms with Crippen molar-refractivity contribution in [1.29, 1.82) is 0 Å². The van der Waals surface area contributed by atoms with Crippen molar-refractivity contribution in [3.63, 3.8) is 0 Å². The number of hydrogen-bond acceptors (Lipinski definition) is 3. The summed E-state index contributed by atoms with van der Waals surface area (Å²) >= 11 is 0. The molecule has 13 heavy (non-hydrogen) atoms. The SMILES string of the molecule is CC(=O)O[C@@H]1CC[C@H]2[C@@H]1CC[C@H]2O. The zero-order chi connectivity index (χ0) is 9.42. The van der Waals surface area contributed by atoms with Crippen molar-refractivity contribution in [3.8, 4) is 0 Å². The lowest BCUT2D eigenvalue weighted by molar-refractivity contribution is -0.148. The average molecular weight is 184 g/mol. The Hall–Kier alpha value is -0.570. The molecule has 74 valence electrons. The standard InChI is InChI=1S/C10H16O3/c1-6(11)13-10-5-3-7-8(10)2-4-9(7)12/h7-10,12H,2-5H2,1H3/t7-,8-,9+,10+/m0/s1. The highest BCUT2D eigenvalue weighted by Gasteiger charge is 2.45. The van der Waals surface area contributed by atoms with Crippen molar-refractivity contribution in [2.45, 2.75) is 44.8 Å². The van der Waals surface area contributed by atoms with Crippen LogP contribution in [-0.4, -0.2) is 23.3 Å². The van der Waals surface area contributed by atoms with E-state index >= 15 is 0 Å². The van der Waals surface area contributed by atoms with Gasteiger partial charge in [0.15, 0.2) is 0 Å². The first-order valence-electron chi connectivity index (χ1n) is 5.04. The molecule has 2 aliphatic rings. The number of aliphatic hydroxyl groups excluding tert-OH is 1. The van der Waals surface area contributed by atoms with Gasteiger partial charge in [-0.1, -0.05) is 0 Å². The third-order valence-corrected chi connectivity index (χ3v) is 3.42. The van der Waals surface area contributed by atoms with Gasteiger partial charge in [-0.2, -0.15) is 0 Å². The molecule has 1 N–H and O–H groups in total. The summed E-state index contributed by atoms with van der Waals surface area (Å²) in [5.41, 5.74) is 0. The molecule has 0 aromatic rings. The van der Waals surface area contributed by atoms with Gasteiger partial charge in [-0.3, -0.25) is 4.79 Å². The van der Waals surface area contributed by atoms with E-state index in [4.69, 9.17) is 4.74 Å². The van der Waals surface area contributed by atoms with Gasteiger partial charge in [0.1, 0.15) is 6.10 Å². The van der Waals surface area contributed by atoms with Crippen molar-refractivity contribution in [1.82, 2.24) is 0 Å². The molecule has 0 aliphatic heterocycles. The second-order valence-electron chi connectivity index (χ2n) is 4.20. The van der Waals surface area contributed by atoms with E-state index in [1.165, 1.54) is 6.92 Å².